The lowest BCUT2D eigenvalue weighted by Crippen LogP contribution is -2.12. The maximum atomic E-state index is 5.70. The molecule has 6 heteroatoms. The van der Waals surface area contributed by atoms with Gasteiger partial charge in [0.1, 0.15) is 0 Å². The molecule has 3 atom stereocenters. The van der Waals surface area contributed by atoms with Gasteiger partial charge >= 0.3 is 0 Å². The van der Waals surface area contributed by atoms with E-state index < -0.39 is 5.62 Å². The molecule has 0 spiro atoms. The molecule has 0 saturated carbocycles. The van der Waals surface area contributed by atoms with Crippen LogP contribution in [-0.4, -0.2) is 24.2 Å². The average Bonchev–Trinajstić information content (AvgIpc) is 2.28. The van der Waals surface area contributed by atoms with Gasteiger partial charge < -0.3 is 9.61 Å². The van der Waals surface area contributed by atoms with Crippen molar-refractivity contribution < 1.29 is 4.52 Å². The van der Waals surface area contributed by atoms with E-state index in [2.05, 4.69) is 37.8 Å². The molecular formula is C11H25N2OPS2. The van der Waals surface area contributed by atoms with Gasteiger partial charge in [0.15, 0.2) is 0 Å². The molecule has 0 aromatic heterocycles. The van der Waals surface area contributed by atoms with E-state index in [1.54, 1.807) is 17.7 Å². The lowest BCUT2D eigenvalue weighted by Gasteiger charge is -2.23. The van der Waals surface area contributed by atoms with Crippen LogP contribution in [0.25, 0.3) is 0 Å². The van der Waals surface area contributed by atoms with Gasteiger partial charge in [-0.05, 0) is 38.5 Å². The predicted octanol–water partition coefficient (Wildman–Crippen LogP) is 4.20. The predicted molar refractivity (Wildman–Crippen MR) is 84.6 cm³/mol. The Labute approximate surface area is 115 Å². The summed E-state index contributed by atoms with van der Waals surface area (Å²) in [5, 5.41) is 3.71. The van der Waals surface area contributed by atoms with Gasteiger partial charge in [-0.3, -0.25) is 4.99 Å². The van der Waals surface area contributed by atoms with Crippen LogP contribution in [0.1, 0.15) is 47.5 Å². The first-order chi connectivity index (χ1) is 7.97. The van der Waals surface area contributed by atoms with Crippen molar-refractivity contribution in [2.45, 2.75) is 58.8 Å². The van der Waals surface area contributed by atoms with Gasteiger partial charge in [0.25, 0.3) is 0 Å². The molecular weight excluding hydrogens is 271 g/mol. The first-order valence-electron chi connectivity index (χ1n) is 6.19. The van der Waals surface area contributed by atoms with Crippen LogP contribution in [0.4, 0.5) is 0 Å². The molecule has 0 amide bonds. The van der Waals surface area contributed by atoms with Crippen LogP contribution in [0.15, 0.2) is 4.99 Å². The summed E-state index contributed by atoms with van der Waals surface area (Å²) in [6.07, 6.45) is 3.87. The van der Waals surface area contributed by atoms with Crippen molar-refractivity contribution in [3.05, 3.63) is 0 Å². The van der Waals surface area contributed by atoms with E-state index >= 15 is 0 Å². The second-order valence-electron chi connectivity index (χ2n) is 3.90. The van der Waals surface area contributed by atoms with E-state index in [-0.39, 0.29) is 0 Å². The third-order valence-corrected chi connectivity index (χ3v) is 8.28. The third-order valence-electron chi connectivity index (χ3n) is 2.33. The topological polar surface area (TPSA) is 33.6 Å². The fourth-order valence-electron chi connectivity index (χ4n) is 0.916. The number of hydrogen-bond acceptors (Lipinski definition) is 4. The zero-order valence-corrected chi connectivity index (χ0v) is 14.0. The van der Waals surface area contributed by atoms with Crippen molar-refractivity contribution in [3.63, 3.8) is 0 Å². The van der Waals surface area contributed by atoms with E-state index in [1.807, 2.05) is 6.92 Å². The van der Waals surface area contributed by atoms with Gasteiger partial charge in [-0.25, -0.2) is 0 Å². The first-order valence-corrected chi connectivity index (χ1v) is 10.4. The highest BCUT2D eigenvalue weighted by molar-refractivity contribution is 8.69. The fraction of sp³-hybridized carbons (Fsp3) is 0.909. The second kappa shape index (κ2) is 9.37. The Morgan fingerprint density at radius 2 is 2.00 bits per heavy atom. The molecule has 0 fully saturated rings. The fourth-order valence-corrected chi connectivity index (χ4v) is 6.75. The van der Waals surface area contributed by atoms with Gasteiger partial charge in [-0.1, -0.05) is 32.2 Å². The smallest absolute Gasteiger partial charge is 0.211 e. The molecule has 1 N–H and O–H groups in total. The SMILES string of the molecule is CCOP(=S)(NC=NC(C)CC)SC(C)CC. The molecule has 0 aliphatic carbocycles. The third kappa shape index (κ3) is 8.20. The maximum absolute atomic E-state index is 5.70. The van der Waals surface area contributed by atoms with Crippen molar-refractivity contribution in [2.75, 3.05) is 6.61 Å². The van der Waals surface area contributed by atoms with Gasteiger partial charge in [-0.15, -0.1) is 0 Å². The maximum Gasteiger partial charge on any atom is 0.211 e. The van der Waals surface area contributed by atoms with Crippen LogP contribution in [0.5, 0.6) is 0 Å². The molecule has 0 aromatic rings. The normalized spacial score (nSPS) is 18.9. The number of nitrogens with one attached hydrogen (secondary N) is 1. The number of aliphatic imine (C=N–C) groups is 1. The van der Waals surface area contributed by atoms with Crippen LogP contribution in [-0.2, 0) is 16.3 Å². The molecule has 3 nitrogen and oxygen atoms in total. The highest BCUT2D eigenvalue weighted by Crippen LogP contribution is 2.58. The molecule has 0 rings (SSSR count). The number of hydrogen-bond donors (Lipinski definition) is 1. The Balaban J connectivity index is 4.40. The van der Waals surface area contributed by atoms with Gasteiger partial charge in [0.2, 0.25) is 5.62 Å². The standard InChI is InChI=1S/C11H25N2OPS2/c1-6-10(4)12-9-13-15(16,14-8-3)17-11(5)7-2/h9-11H,6-8H2,1-5H3,(H,12,13,16). The summed E-state index contributed by atoms with van der Waals surface area (Å²) in [4.78, 5) is 4.37. The quantitative estimate of drug-likeness (QED) is 0.393. The van der Waals surface area contributed by atoms with E-state index in [0.717, 1.165) is 12.8 Å². The van der Waals surface area contributed by atoms with Crippen LogP contribution < -0.4 is 5.09 Å². The van der Waals surface area contributed by atoms with Gasteiger partial charge in [0, 0.05) is 11.3 Å². The van der Waals surface area contributed by atoms with Crippen LogP contribution >= 0.6 is 17.0 Å². The molecule has 0 aliphatic rings. The Morgan fingerprint density at radius 3 is 2.47 bits per heavy atom. The highest BCUT2D eigenvalue weighted by atomic mass is 32.9. The van der Waals surface area contributed by atoms with Crippen LogP contribution in [0, 0.1) is 0 Å². The average molecular weight is 296 g/mol. The van der Waals surface area contributed by atoms with Crippen LogP contribution in [0.3, 0.4) is 0 Å². The Kier molecular flexibility index (Phi) is 9.61. The van der Waals surface area contributed by atoms with E-state index in [0.29, 0.717) is 17.9 Å². The summed E-state index contributed by atoms with van der Waals surface area (Å²) in [5.74, 6) is 0. The molecule has 0 radical (unpaired) electrons. The van der Waals surface area contributed by atoms with Crippen molar-refractivity contribution in [1.82, 2.24) is 5.09 Å². The summed E-state index contributed by atoms with van der Waals surface area (Å²) in [7, 11) is 0. The summed E-state index contributed by atoms with van der Waals surface area (Å²) in [5.41, 5.74) is -2.01. The number of nitrogens with zero attached hydrogens (tertiary/aromatic N) is 1. The largest absolute Gasteiger partial charge is 0.327 e. The van der Waals surface area contributed by atoms with E-state index in [9.17, 15) is 0 Å². The van der Waals surface area contributed by atoms with E-state index in [1.165, 1.54) is 0 Å². The minimum atomic E-state index is -2.01. The zero-order valence-electron chi connectivity index (χ0n) is 11.5. The van der Waals surface area contributed by atoms with Gasteiger partial charge in [0.05, 0.1) is 12.9 Å². The van der Waals surface area contributed by atoms with E-state index in [4.69, 9.17) is 16.3 Å². The van der Waals surface area contributed by atoms with Crippen LogP contribution in [0.2, 0.25) is 0 Å². The molecule has 102 valence electrons. The molecule has 17 heavy (non-hydrogen) atoms. The minimum Gasteiger partial charge on any atom is -0.327 e. The molecule has 0 aliphatic heterocycles. The molecule has 3 unspecified atom stereocenters. The van der Waals surface area contributed by atoms with Crippen molar-refractivity contribution in [1.29, 1.82) is 0 Å². The summed E-state index contributed by atoms with van der Waals surface area (Å²) in [6, 6.07) is 0.334. The Morgan fingerprint density at radius 1 is 1.35 bits per heavy atom. The lowest BCUT2D eigenvalue weighted by atomic mass is 10.3. The zero-order chi connectivity index (χ0) is 13.3. The van der Waals surface area contributed by atoms with Crippen molar-refractivity contribution in [2.24, 2.45) is 4.99 Å². The summed E-state index contributed by atoms with van der Waals surface area (Å²) < 4.78 is 5.70. The van der Waals surface area contributed by atoms with Gasteiger partial charge in [-0.2, -0.15) is 0 Å². The first kappa shape index (κ1) is 17.4. The van der Waals surface area contributed by atoms with Crippen molar-refractivity contribution in [3.8, 4) is 0 Å². The summed E-state index contributed by atoms with van der Waals surface area (Å²) >= 11 is 7.31. The molecule has 0 saturated heterocycles. The highest BCUT2D eigenvalue weighted by Gasteiger charge is 2.19. The van der Waals surface area contributed by atoms with Crippen molar-refractivity contribution >= 4 is 35.1 Å². The second-order valence-corrected chi connectivity index (χ2v) is 10.8. The number of rotatable bonds is 9. The molecule has 0 heterocycles. The molecule has 0 bridgehead atoms. The Bertz CT molecular complexity index is 274. The monoisotopic (exact) mass is 296 g/mol. The minimum absolute atomic E-state index is 0.334. The Hall–Kier alpha value is 0.430. The lowest BCUT2D eigenvalue weighted by molar-refractivity contribution is 0.383. The summed E-state index contributed by atoms with van der Waals surface area (Å²) in [6.45, 7) is 11.2. The molecule has 0 aromatic carbocycles.